The van der Waals surface area contributed by atoms with Crippen molar-refractivity contribution in [3.05, 3.63) is 0 Å². The Bertz CT molecular complexity index is 261. The van der Waals surface area contributed by atoms with Crippen LogP contribution in [0.15, 0.2) is 4.99 Å². The monoisotopic (exact) mass is 287 g/mol. The maximum Gasteiger partial charge on any atom is 0.191 e. The Labute approximate surface area is 122 Å². The van der Waals surface area contributed by atoms with Crippen molar-refractivity contribution >= 4 is 17.7 Å². The molecule has 1 fully saturated rings. The molecule has 2 unspecified atom stereocenters. The van der Waals surface area contributed by atoms with E-state index in [9.17, 15) is 0 Å². The van der Waals surface area contributed by atoms with Crippen LogP contribution in [-0.2, 0) is 4.74 Å². The van der Waals surface area contributed by atoms with Crippen LogP contribution in [0.3, 0.4) is 0 Å². The minimum absolute atomic E-state index is 0.595. The number of unbranched alkanes of at least 4 members (excludes halogenated alkanes) is 2. The lowest BCUT2D eigenvalue weighted by Gasteiger charge is -2.17. The minimum atomic E-state index is 0.595. The van der Waals surface area contributed by atoms with Crippen LogP contribution in [0, 0.1) is 0 Å². The summed E-state index contributed by atoms with van der Waals surface area (Å²) in [6, 6.07) is 0.595. The molecule has 0 radical (unpaired) electrons. The lowest BCUT2D eigenvalue weighted by atomic mass is 10.2. The maximum absolute atomic E-state index is 5.04. The summed E-state index contributed by atoms with van der Waals surface area (Å²) in [4.78, 5) is 4.30. The number of nitrogens with one attached hydrogen (secondary N) is 2. The van der Waals surface area contributed by atoms with E-state index >= 15 is 0 Å². The van der Waals surface area contributed by atoms with Gasteiger partial charge in [0.25, 0.3) is 0 Å². The molecular weight excluding hydrogens is 258 g/mol. The van der Waals surface area contributed by atoms with Gasteiger partial charge in [-0.05, 0) is 44.8 Å². The second kappa shape index (κ2) is 10.4. The van der Waals surface area contributed by atoms with Crippen molar-refractivity contribution in [1.82, 2.24) is 10.6 Å². The van der Waals surface area contributed by atoms with Gasteiger partial charge in [0.2, 0.25) is 0 Å². The first-order valence-electron chi connectivity index (χ1n) is 7.29. The van der Waals surface area contributed by atoms with Crippen molar-refractivity contribution < 1.29 is 4.74 Å². The number of guanidine groups is 1. The third-order valence-electron chi connectivity index (χ3n) is 3.60. The van der Waals surface area contributed by atoms with Gasteiger partial charge in [-0.1, -0.05) is 0 Å². The van der Waals surface area contributed by atoms with Gasteiger partial charge in [0.1, 0.15) is 0 Å². The molecule has 0 aromatic heterocycles. The number of aliphatic imine (C=N–C) groups is 1. The first-order valence-corrected chi connectivity index (χ1v) is 8.57. The summed E-state index contributed by atoms with van der Waals surface area (Å²) < 4.78 is 5.04. The number of hydrogen-bond donors (Lipinski definition) is 2. The van der Waals surface area contributed by atoms with E-state index in [4.69, 9.17) is 4.74 Å². The van der Waals surface area contributed by atoms with Gasteiger partial charge in [0.05, 0.1) is 0 Å². The Balaban J connectivity index is 2.10. The van der Waals surface area contributed by atoms with E-state index in [0.717, 1.165) is 30.8 Å². The molecule has 1 saturated carbocycles. The SMILES string of the molecule is CN=C(NCCCCCOC)NC1CCC(SC)C1. The highest BCUT2D eigenvalue weighted by molar-refractivity contribution is 7.99. The van der Waals surface area contributed by atoms with Crippen molar-refractivity contribution in [3.63, 3.8) is 0 Å². The summed E-state index contributed by atoms with van der Waals surface area (Å²) in [7, 11) is 3.61. The number of ether oxygens (including phenoxy) is 1. The van der Waals surface area contributed by atoms with Crippen molar-refractivity contribution in [1.29, 1.82) is 0 Å². The fourth-order valence-electron chi connectivity index (χ4n) is 2.43. The average molecular weight is 287 g/mol. The summed E-state index contributed by atoms with van der Waals surface area (Å²) in [6.45, 7) is 1.85. The Hall–Kier alpha value is -0.420. The Morgan fingerprint density at radius 3 is 2.79 bits per heavy atom. The summed E-state index contributed by atoms with van der Waals surface area (Å²) >= 11 is 1.99. The molecule has 112 valence electrons. The first kappa shape index (κ1) is 16.6. The molecule has 2 atom stereocenters. The highest BCUT2D eigenvalue weighted by Crippen LogP contribution is 2.27. The molecule has 0 amide bonds. The quantitative estimate of drug-likeness (QED) is 0.408. The van der Waals surface area contributed by atoms with Gasteiger partial charge in [0, 0.05) is 38.6 Å². The predicted molar refractivity (Wildman–Crippen MR) is 85.2 cm³/mol. The molecule has 1 rings (SSSR count). The van der Waals surface area contributed by atoms with Crippen molar-refractivity contribution in [2.24, 2.45) is 4.99 Å². The smallest absolute Gasteiger partial charge is 0.191 e. The van der Waals surface area contributed by atoms with Gasteiger partial charge < -0.3 is 15.4 Å². The molecule has 0 heterocycles. The fourth-order valence-corrected chi connectivity index (χ4v) is 3.22. The van der Waals surface area contributed by atoms with Crippen LogP contribution in [-0.4, -0.2) is 50.8 Å². The van der Waals surface area contributed by atoms with Gasteiger partial charge in [-0.2, -0.15) is 11.8 Å². The average Bonchev–Trinajstić information content (AvgIpc) is 2.89. The molecule has 19 heavy (non-hydrogen) atoms. The number of nitrogens with zero attached hydrogens (tertiary/aromatic N) is 1. The van der Waals surface area contributed by atoms with Gasteiger partial charge in [0.15, 0.2) is 5.96 Å². The molecule has 5 heteroatoms. The molecule has 1 aliphatic carbocycles. The van der Waals surface area contributed by atoms with Crippen LogP contribution in [0.25, 0.3) is 0 Å². The summed E-state index contributed by atoms with van der Waals surface area (Å²) in [5, 5.41) is 7.75. The number of hydrogen-bond acceptors (Lipinski definition) is 3. The summed E-state index contributed by atoms with van der Waals surface area (Å²) in [6.07, 6.45) is 9.57. The van der Waals surface area contributed by atoms with Gasteiger partial charge >= 0.3 is 0 Å². The maximum atomic E-state index is 5.04. The van der Waals surface area contributed by atoms with Gasteiger partial charge in [-0.3, -0.25) is 4.99 Å². The van der Waals surface area contributed by atoms with E-state index in [0.29, 0.717) is 6.04 Å². The molecule has 0 bridgehead atoms. The van der Waals surface area contributed by atoms with Gasteiger partial charge in [-0.25, -0.2) is 0 Å². The molecule has 1 aliphatic rings. The molecule has 0 spiro atoms. The van der Waals surface area contributed by atoms with E-state index in [1.54, 1.807) is 7.11 Å². The van der Waals surface area contributed by atoms with Crippen LogP contribution in [0.1, 0.15) is 38.5 Å². The molecule has 2 N–H and O–H groups in total. The largest absolute Gasteiger partial charge is 0.385 e. The standard InChI is InChI=1S/C14H29N3OS/c1-15-14(16-9-5-4-6-10-18-2)17-12-7-8-13(11-12)19-3/h12-13H,4-11H2,1-3H3,(H2,15,16,17). The fraction of sp³-hybridized carbons (Fsp3) is 0.929. The van der Waals surface area contributed by atoms with E-state index in [2.05, 4.69) is 21.9 Å². The van der Waals surface area contributed by atoms with Crippen LogP contribution < -0.4 is 10.6 Å². The lowest BCUT2D eigenvalue weighted by molar-refractivity contribution is 0.192. The highest BCUT2D eigenvalue weighted by atomic mass is 32.2. The van der Waals surface area contributed by atoms with Crippen molar-refractivity contribution in [2.75, 3.05) is 33.6 Å². The Kier molecular flexibility index (Phi) is 9.08. The minimum Gasteiger partial charge on any atom is -0.385 e. The Morgan fingerprint density at radius 2 is 2.16 bits per heavy atom. The predicted octanol–water partition coefficient (Wildman–Crippen LogP) is 2.25. The van der Waals surface area contributed by atoms with Crippen LogP contribution in [0.5, 0.6) is 0 Å². The number of methoxy groups -OCH3 is 1. The summed E-state index contributed by atoms with van der Waals surface area (Å²) in [5.41, 5.74) is 0. The highest BCUT2D eigenvalue weighted by Gasteiger charge is 2.24. The zero-order chi connectivity index (χ0) is 13.9. The second-order valence-corrected chi connectivity index (χ2v) is 6.20. The number of thioether (sulfide) groups is 1. The van der Waals surface area contributed by atoms with Crippen LogP contribution in [0.4, 0.5) is 0 Å². The van der Waals surface area contributed by atoms with Gasteiger partial charge in [-0.15, -0.1) is 0 Å². The third-order valence-corrected chi connectivity index (χ3v) is 4.69. The van der Waals surface area contributed by atoms with Crippen LogP contribution >= 0.6 is 11.8 Å². The lowest BCUT2D eigenvalue weighted by Crippen LogP contribution is -2.42. The van der Waals surface area contributed by atoms with Crippen LogP contribution in [0.2, 0.25) is 0 Å². The second-order valence-electron chi connectivity index (χ2n) is 5.06. The molecule has 0 aromatic carbocycles. The first-order chi connectivity index (χ1) is 9.30. The Morgan fingerprint density at radius 1 is 1.32 bits per heavy atom. The summed E-state index contributed by atoms with van der Waals surface area (Å²) in [5.74, 6) is 0.957. The van der Waals surface area contributed by atoms with Crippen molar-refractivity contribution in [3.8, 4) is 0 Å². The molecular formula is C14H29N3OS. The molecule has 0 aromatic rings. The molecule has 0 aliphatic heterocycles. The third kappa shape index (κ3) is 7.06. The zero-order valence-corrected chi connectivity index (χ0v) is 13.4. The van der Waals surface area contributed by atoms with E-state index in [1.165, 1.54) is 32.1 Å². The van der Waals surface area contributed by atoms with E-state index in [-0.39, 0.29) is 0 Å². The topological polar surface area (TPSA) is 45.7 Å². The molecule has 4 nitrogen and oxygen atoms in total. The van der Waals surface area contributed by atoms with E-state index in [1.807, 2.05) is 18.8 Å². The molecule has 0 saturated heterocycles. The van der Waals surface area contributed by atoms with E-state index < -0.39 is 0 Å². The normalized spacial score (nSPS) is 23.6. The van der Waals surface area contributed by atoms with Crippen molar-refractivity contribution in [2.45, 2.75) is 49.8 Å². The number of rotatable bonds is 8. The zero-order valence-electron chi connectivity index (χ0n) is 12.6.